The maximum atomic E-state index is 12.9. The number of ether oxygens (including phenoxy) is 3. The van der Waals surface area contributed by atoms with Crippen molar-refractivity contribution in [2.24, 2.45) is 0 Å². The van der Waals surface area contributed by atoms with Crippen LogP contribution in [-0.2, 0) is 33.4 Å². The van der Waals surface area contributed by atoms with Gasteiger partial charge in [-0.2, -0.15) is 0 Å². The smallest absolute Gasteiger partial charge is 0.399 e. The van der Waals surface area contributed by atoms with E-state index in [4.69, 9.17) is 46.6 Å². The molecular formula is C65H75BClN15O8S. The molecule has 6 aromatic heterocycles. The monoisotopic (exact) mass is 1270 g/mol. The van der Waals surface area contributed by atoms with Crippen molar-refractivity contribution in [2.75, 3.05) is 117 Å². The summed E-state index contributed by atoms with van der Waals surface area (Å²) in [7, 11) is -3.81. The Hall–Kier alpha value is -8.69. The van der Waals surface area contributed by atoms with E-state index in [0.717, 1.165) is 172 Å². The van der Waals surface area contributed by atoms with Gasteiger partial charge in [-0.15, -0.1) is 0 Å². The van der Waals surface area contributed by atoms with E-state index in [-0.39, 0.29) is 21.7 Å². The van der Waals surface area contributed by atoms with E-state index in [1.807, 2.05) is 84.9 Å². The van der Waals surface area contributed by atoms with E-state index in [9.17, 15) is 13.2 Å². The highest BCUT2D eigenvalue weighted by Crippen LogP contribution is 2.39. The molecule has 10 heterocycles. The minimum atomic E-state index is -3.42. The van der Waals surface area contributed by atoms with Crippen LogP contribution in [0.15, 0.2) is 121 Å². The molecule has 4 saturated heterocycles. The van der Waals surface area contributed by atoms with Crippen molar-refractivity contribution >= 4 is 107 Å². The highest BCUT2D eigenvalue weighted by atomic mass is 35.5. The highest BCUT2D eigenvalue weighted by molar-refractivity contribution is 7.90. The van der Waals surface area contributed by atoms with Gasteiger partial charge >= 0.3 is 7.12 Å². The zero-order valence-corrected chi connectivity index (χ0v) is 53.8. The number of pyridine rings is 3. The van der Waals surface area contributed by atoms with Crippen LogP contribution in [0.2, 0.25) is 5.02 Å². The number of aromatic amines is 3. The van der Waals surface area contributed by atoms with Crippen LogP contribution in [0.1, 0.15) is 55.1 Å². The topological polar surface area (TPSA) is 296 Å². The van der Waals surface area contributed by atoms with E-state index in [1.165, 1.54) is 12.1 Å². The molecule has 14 rings (SSSR count). The minimum Gasteiger partial charge on any atom is -0.399 e. The third-order valence-electron chi connectivity index (χ3n) is 16.8. The molecule has 0 spiro atoms. The normalized spacial score (nSPS) is 16.4. The van der Waals surface area contributed by atoms with Crippen LogP contribution in [0, 0.1) is 20.8 Å². The Kier molecular flexibility index (Phi) is 19.0. The molecule has 4 aromatic carbocycles. The number of nitrogens with one attached hydrogen (secondary N) is 4. The zero-order valence-electron chi connectivity index (χ0n) is 52.3. The van der Waals surface area contributed by atoms with Gasteiger partial charge in [-0.3, -0.25) is 19.7 Å². The van der Waals surface area contributed by atoms with Crippen LogP contribution < -0.4 is 36.9 Å². The van der Waals surface area contributed by atoms with Gasteiger partial charge in [0.15, 0.2) is 9.84 Å². The first-order valence-corrected chi connectivity index (χ1v) is 32.3. The van der Waals surface area contributed by atoms with Gasteiger partial charge in [-0.1, -0.05) is 17.7 Å². The highest BCUT2D eigenvalue weighted by Gasteiger charge is 2.52. The third-order valence-corrected chi connectivity index (χ3v) is 18.1. The minimum absolute atomic E-state index is 0.0939. The fraction of sp³-hybridized carbons (Fsp3) is 0.338. The predicted molar refractivity (Wildman–Crippen MR) is 359 cm³/mol. The first kappa shape index (κ1) is 63.9. The van der Waals surface area contributed by atoms with Gasteiger partial charge in [0, 0.05) is 102 Å². The lowest BCUT2D eigenvalue weighted by Crippen LogP contribution is -2.41. The number of aromatic nitrogens is 9. The van der Waals surface area contributed by atoms with Crippen LogP contribution in [0.3, 0.4) is 0 Å². The van der Waals surface area contributed by atoms with Gasteiger partial charge in [-0.25, -0.2) is 23.4 Å². The molecule has 8 N–H and O–H groups in total. The van der Waals surface area contributed by atoms with Crippen molar-refractivity contribution in [1.29, 1.82) is 0 Å². The van der Waals surface area contributed by atoms with Crippen molar-refractivity contribution in [3.63, 3.8) is 0 Å². The summed E-state index contributed by atoms with van der Waals surface area (Å²) in [6, 6.07) is 24.0. The number of hydrogen-bond donors (Lipinski definition) is 6. The standard InChI is InChI=1S/C25H25N5O4S.C17H19N5O.C12H19BN2O2.C11H12ClN3O/c1-16-21(18-11-22-24(28-15-27-22)23(12-18)30-6-8-34-9-7-30)13-19(14-26-16)29-25(31)17-4-3-5-20(10-17)35(2,32)33;1-11-14(8-13(18)9-19-11)12-6-15-17(21-10-20-15)16(7-12)22-2-4-23-5-3-22;1-8-10(6-9(14)7-15-8)13-16-11(2,3)12(4,5)17-13;12-8-5-9-11(14-7-13-9)10(6-8)15-1-3-16-4-2-15/h3-5,10-15H,6-9H2,1-2H3,(H,27,28)(H,29,31);6-10H,2-5,18H2,1H3,(H,20,21);6-7H,14H2,1-5H3;5-7H,1-4H2,(H,13,14). The van der Waals surface area contributed by atoms with E-state index in [0.29, 0.717) is 30.3 Å². The lowest BCUT2D eigenvalue weighted by molar-refractivity contribution is 0.00578. The average Bonchev–Trinajstić information content (AvgIpc) is 2.07. The molecule has 23 nitrogen and oxygen atoms in total. The van der Waals surface area contributed by atoms with Crippen LogP contribution in [0.25, 0.3) is 55.4 Å². The fourth-order valence-corrected chi connectivity index (χ4v) is 12.0. The number of imidazole rings is 3. The molecule has 1 amide bonds. The quantitative estimate of drug-likeness (QED) is 0.0734. The molecule has 0 bridgehead atoms. The first-order valence-electron chi connectivity index (χ1n) is 30.0. The summed E-state index contributed by atoms with van der Waals surface area (Å²) in [5, 5.41) is 3.58. The first-order chi connectivity index (χ1) is 43.6. The van der Waals surface area contributed by atoms with Gasteiger partial charge in [-0.05, 0) is 132 Å². The van der Waals surface area contributed by atoms with Gasteiger partial charge in [0.1, 0.15) is 16.6 Å². The van der Waals surface area contributed by atoms with Crippen molar-refractivity contribution in [3.05, 3.63) is 144 Å². The van der Waals surface area contributed by atoms with E-state index in [2.05, 4.69) is 83.1 Å². The van der Waals surface area contributed by atoms with Crippen molar-refractivity contribution in [2.45, 2.75) is 64.6 Å². The predicted octanol–water partition coefficient (Wildman–Crippen LogP) is 9.10. The molecule has 0 aliphatic carbocycles. The fourth-order valence-electron chi connectivity index (χ4n) is 11.1. The Morgan fingerprint density at radius 1 is 0.571 bits per heavy atom. The Bertz CT molecular complexity index is 4360. The number of nitrogens with two attached hydrogens (primary N) is 2. The number of halogens is 1. The molecule has 0 saturated carbocycles. The van der Waals surface area contributed by atoms with Gasteiger partial charge in [0.2, 0.25) is 0 Å². The average molecular weight is 1270 g/mol. The molecule has 91 heavy (non-hydrogen) atoms. The van der Waals surface area contributed by atoms with Crippen molar-refractivity contribution in [1.82, 2.24) is 44.9 Å². The summed E-state index contributed by atoms with van der Waals surface area (Å²) in [6.45, 7) is 23.4. The van der Waals surface area contributed by atoms with Crippen LogP contribution >= 0.6 is 11.6 Å². The number of rotatable bonds is 9. The number of benzene rings is 4. The van der Waals surface area contributed by atoms with Crippen LogP contribution in [0.4, 0.5) is 34.1 Å². The van der Waals surface area contributed by atoms with Crippen molar-refractivity contribution < 1.29 is 36.7 Å². The molecule has 4 aliphatic heterocycles. The van der Waals surface area contributed by atoms with Crippen LogP contribution in [0.5, 0.6) is 0 Å². The van der Waals surface area contributed by atoms with E-state index >= 15 is 0 Å². The summed E-state index contributed by atoms with van der Waals surface area (Å²) < 4.78 is 52.0. The number of morpholine rings is 3. The molecule has 0 radical (unpaired) electrons. The Morgan fingerprint density at radius 2 is 1.01 bits per heavy atom. The molecule has 0 unspecified atom stereocenters. The lowest BCUT2D eigenvalue weighted by atomic mass is 9.78. The Labute approximate surface area is 533 Å². The summed E-state index contributed by atoms with van der Waals surface area (Å²) in [4.78, 5) is 55.8. The number of sulfone groups is 1. The molecule has 4 aliphatic rings. The van der Waals surface area contributed by atoms with E-state index in [1.54, 1.807) is 49.7 Å². The second-order valence-corrected chi connectivity index (χ2v) is 26.1. The van der Waals surface area contributed by atoms with Crippen molar-refractivity contribution in [3.8, 4) is 22.3 Å². The molecule has 4 fully saturated rings. The molecule has 474 valence electrons. The number of carbonyl (C=O) groups excluding carboxylic acids is 1. The third kappa shape index (κ3) is 14.6. The molecule has 26 heteroatoms. The van der Waals surface area contributed by atoms with Gasteiger partial charge < -0.3 is 70.0 Å². The summed E-state index contributed by atoms with van der Waals surface area (Å²) in [5.74, 6) is -0.412. The number of nitrogens with zero attached hydrogens (tertiary/aromatic N) is 9. The molecular weight excluding hydrogens is 1200 g/mol. The Morgan fingerprint density at radius 3 is 1.51 bits per heavy atom. The molecule has 10 aromatic rings. The van der Waals surface area contributed by atoms with Crippen LogP contribution in [-0.4, -0.2) is 163 Å². The molecule has 0 atom stereocenters. The van der Waals surface area contributed by atoms with E-state index < -0.39 is 22.9 Å². The maximum absolute atomic E-state index is 12.9. The number of nitrogen functional groups attached to an aromatic ring is 2. The number of hydrogen-bond acceptors (Lipinski definition) is 19. The number of amides is 1. The number of anilines is 6. The maximum Gasteiger partial charge on any atom is 0.496 e. The zero-order chi connectivity index (χ0) is 64.2. The summed E-state index contributed by atoms with van der Waals surface area (Å²) in [5.41, 5.74) is 29.6. The van der Waals surface area contributed by atoms with Gasteiger partial charge in [0.25, 0.3) is 5.91 Å². The summed E-state index contributed by atoms with van der Waals surface area (Å²) >= 11 is 6.09. The largest absolute Gasteiger partial charge is 0.496 e. The number of aryl methyl sites for hydroxylation is 3. The summed E-state index contributed by atoms with van der Waals surface area (Å²) in [6.07, 6.45) is 11.2. The SMILES string of the molecule is Cc1ncc(N)cc1-c1cc(N2CCOCC2)c2nc[nH]c2c1.Cc1ncc(N)cc1B1OC(C)(C)C(C)(C)O1.Cc1ncc(NC(=O)c2cccc(S(C)(=O)=O)c2)cc1-c1cc(N2CCOCC2)c2nc[nH]c2c1.Clc1cc(N2CCOCC2)c2nc[nH]c2c1. The Balaban J connectivity index is 0.000000131. The number of fused-ring (bicyclic) bond motifs is 3. The lowest BCUT2D eigenvalue weighted by Gasteiger charge is -2.32. The van der Waals surface area contributed by atoms with Gasteiger partial charge in [0.05, 0.1) is 132 Å². The second kappa shape index (κ2) is 27.0. The number of carbonyl (C=O) groups is 1. The number of H-pyrrole nitrogens is 3. The second-order valence-electron chi connectivity index (χ2n) is 23.7.